The zero-order chi connectivity index (χ0) is 38.9. The van der Waals surface area contributed by atoms with Crippen molar-refractivity contribution in [2.45, 2.75) is 0 Å². The van der Waals surface area contributed by atoms with Crippen molar-refractivity contribution in [2.24, 2.45) is 0 Å². The molecular weight excluding hydrogens is 717 g/mol. The molecule has 0 fully saturated rings. The highest BCUT2D eigenvalue weighted by molar-refractivity contribution is 6.19. The van der Waals surface area contributed by atoms with Gasteiger partial charge in [-0.3, -0.25) is 0 Å². The van der Waals surface area contributed by atoms with Gasteiger partial charge in [-0.2, -0.15) is 0 Å². The van der Waals surface area contributed by atoms with Gasteiger partial charge in [-0.15, -0.1) is 0 Å². The first-order valence-corrected chi connectivity index (χ1v) is 20.2. The Morgan fingerprint density at radius 1 is 0.356 bits per heavy atom. The lowest BCUT2D eigenvalue weighted by atomic mass is 9.91. The first kappa shape index (κ1) is 33.3. The highest BCUT2D eigenvalue weighted by atomic mass is 16.3. The van der Waals surface area contributed by atoms with E-state index in [0.717, 1.165) is 44.7 Å². The maximum Gasteiger partial charge on any atom is 0.136 e. The van der Waals surface area contributed by atoms with Crippen molar-refractivity contribution in [3.8, 4) is 27.9 Å². The predicted molar refractivity (Wildman–Crippen MR) is 249 cm³/mol. The van der Waals surface area contributed by atoms with Gasteiger partial charge in [-0.25, -0.2) is 0 Å². The van der Waals surface area contributed by atoms with Crippen molar-refractivity contribution in [3.63, 3.8) is 0 Å². The summed E-state index contributed by atoms with van der Waals surface area (Å²) in [6.07, 6.45) is 0. The molecule has 0 atom stereocenters. The van der Waals surface area contributed by atoms with E-state index in [1.165, 1.54) is 65.6 Å². The summed E-state index contributed by atoms with van der Waals surface area (Å²) in [6.45, 7) is 0. The number of nitrogens with zero attached hydrogens (tertiary/aromatic N) is 2. The molecule has 3 nitrogen and oxygen atoms in total. The van der Waals surface area contributed by atoms with Crippen molar-refractivity contribution >= 4 is 82.4 Å². The molecule has 0 saturated carbocycles. The topological polar surface area (TPSA) is 21.3 Å². The van der Waals surface area contributed by atoms with Crippen LogP contribution in [0.15, 0.2) is 223 Å². The predicted octanol–water partition coefficient (Wildman–Crippen LogP) is 15.8. The average Bonchev–Trinajstić information content (AvgIpc) is 3.85. The van der Waals surface area contributed by atoms with E-state index in [2.05, 4.69) is 228 Å². The number of aromatic nitrogens is 1. The fourth-order valence-electron chi connectivity index (χ4n) is 9.36. The summed E-state index contributed by atoms with van der Waals surface area (Å²) >= 11 is 0. The second-order valence-corrected chi connectivity index (χ2v) is 15.3. The molecule has 0 aliphatic rings. The van der Waals surface area contributed by atoms with Gasteiger partial charge in [0.2, 0.25) is 0 Å². The Hall–Kier alpha value is -7.88. The van der Waals surface area contributed by atoms with E-state index in [9.17, 15) is 0 Å². The van der Waals surface area contributed by atoms with Crippen LogP contribution in [-0.4, -0.2) is 4.57 Å². The van der Waals surface area contributed by atoms with E-state index in [1.54, 1.807) is 0 Å². The fraction of sp³-hybridized carbons (Fsp3) is 0. The van der Waals surface area contributed by atoms with Gasteiger partial charge >= 0.3 is 0 Å². The molecule has 0 spiro atoms. The molecule has 59 heavy (non-hydrogen) atoms. The lowest BCUT2D eigenvalue weighted by Crippen LogP contribution is -2.13. The Bertz CT molecular complexity index is 3500. The molecule has 10 aromatic carbocycles. The van der Waals surface area contributed by atoms with Crippen LogP contribution in [0, 0.1) is 0 Å². The van der Waals surface area contributed by atoms with E-state index in [1.807, 2.05) is 0 Å². The monoisotopic (exact) mass is 752 g/mol. The van der Waals surface area contributed by atoms with Crippen LogP contribution in [0.1, 0.15) is 0 Å². The Balaban J connectivity index is 1.09. The molecule has 276 valence electrons. The standard InChI is InChI=1S/C56H36N2O/c1-2-14-37(15-3-1)43-22-12-17-40-18-13-23-44(55(40)43)39-28-31-41(32-29-39)57(42-33-35-53-48(36-42)56-45-19-5-4-16-38(45)30-34-54(56)59-53)51-26-10-11-27-52(51)58-49-24-8-6-20-46(49)47-21-7-9-25-50(47)58/h1-36H. The molecule has 0 aliphatic heterocycles. The molecule has 0 N–H and O–H groups in total. The lowest BCUT2D eigenvalue weighted by Gasteiger charge is -2.28. The molecule has 0 unspecified atom stereocenters. The first-order chi connectivity index (χ1) is 29.3. The summed E-state index contributed by atoms with van der Waals surface area (Å²) in [5.41, 5.74) is 13.2. The molecule has 2 heterocycles. The fourth-order valence-corrected chi connectivity index (χ4v) is 9.36. The summed E-state index contributed by atoms with van der Waals surface area (Å²) < 4.78 is 8.92. The van der Waals surface area contributed by atoms with Crippen LogP contribution < -0.4 is 4.90 Å². The molecule has 2 aromatic heterocycles. The molecule has 0 radical (unpaired) electrons. The van der Waals surface area contributed by atoms with E-state index in [0.29, 0.717) is 0 Å². The summed E-state index contributed by atoms with van der Waals surface area (Å²) in [6, 6.07) is 78.7. The number of rotatable bonds is 6. The first-order valence-electron chi connectivity index (χ1n) is 20.2. The van der Waals surface area contributed by atoms with E-state index >= 15 is 0 Å². The molecular formula is C56H36N2O. The summed E-state index contributed by atoms with van der Waals surface area (Å²) in [5.74, 6) is 0. The SMILES string of the molecule is c1ccc(-c2cccc3cccc(-c4ccc(N(c5ccc6oc7ccc8ccccc8c7c6c5)c5ccccc5-n5c6ccccc6c6ccccc65)cc4)c23)cc1. The molecule has 12 rings (SSSR count). The van der Waals surface area contributed by atoms with Crippen LogP contribution in [-0.2, 0) is 0 Å². The quantitative estimate of drug-likeness (QED) is 0.169. The minimum absolute atomic E-state index is 0.872. The lowest BCUT2D eigenvalue weighted by molar-refractivity contribution is 0.669. The van der Waals surface area contributed by atoms with Crippen LogP contribution in [0.2, 0.25) is 0 Å². The van der Waals surface area contributed by atoms with Crippen molar-refractivity contribution < 1.29 is 4.42 Å². The number of hydrogen-bond donors (Lipinski definition) is 0. The van der Waals surface area contributed by atoms with Gasteiger partial charge < -0.3 is 13.9 Å². The minimum Gasteiger partial charge on any atom is -0.456 e. The third-order valence-electron chi connectivity index (χ3n) is 12.0. The van der Waals surface area contributed by atoms with Crippen molar-refractivity contribution in [1.29, 1.82) is 0 Å². The van der Waals surface area contributed by atoms with Crippen molar-refractivity contribution in [1.82, 2.24) is 4.57 Å². The number of furan rings is 1. The highest BCUT2D eigenvalue weighted by Gasteiger charge is 2.22. The number of hydrogen-bond acceptors (Lipinski definition) is 2. The normalized spacial score (nSPS) is 11.7. The summed E-state index contributed by atoms with van der Waals surface area (Å²) in [7, 11) is 0. The molecule has 3 heteroatoms. The van der Waals surface area contributed by atoms with Crippen LogP contribution in [0.3, 0.4) is 0 Å². The zero-order valence-corrected chi connectivity index (χ0v) is 32.1. The maximum absolute atomic E-state index is 6.50. The molecule has 0 saturated heterocycles. The number of anilines is 3. The smallest absolute Gasteiger partial charge is 0.136 e. The Morgan fingerprint density at radius 3 is 1.68 bits per heavy atom. The van der Waals surface area contributed by atoms with Gasteiger partial charge in [0, 0.05) is 32.9 Å². The van der Waals surface area contributed by atoms with E-state index in [4.69, 9.17) is 4.42 Å². The average molecular weight is 753 g/mol. The molecule has 12 aromatic rings. The number of benzene rings is 10. The minimum atomic E-state index is 0.872. The second-order valence-electron chi connectivity index (χ2n) is 15.3. The van der Waals surface area contributed by atoms with Gasteiger partial charge in [0.15, 0.2) is 0 Å². The van der Waals surface area contributed by atoms with Gasteiger partial charge in [-0.05, 0) is 104 Å². The van der Waals surface area contributed by atoms with E-state index < -0.39 is 0 Å². The van der Waals surface area contributed by atoms with Crippen LogP contribution in [0.5, 0.6) is 0 Å². The van der Waals surface area contributed by atoms with Crippen LogP contribution in [0.25, 0.3) is 93.2 Å². The summed E-state index contributed by atoms with van der Waals surface area (Å²) in [4.78, 5) is 2.41. The molecule has 0 aliphatic carbocycles. The second kappa shape index (κ2) is 13.4. The number of para-hydroxylation sites is 4. The highest BCUT2D eigenvalue weighted by Crippen LogP contribution is 2.45. The van der Waals surface area contributed by atoms with Crippen LogP contribution in [0.4, 0.5) is 17.1 Å². The Morgan fingerprint density at radius 2 is 0.932 bits per heavy atom. The number of fused-ring (bicyclic) bond motifs is 9. The summed E-state index contributed by atoms with van der Waals surface area (Å²) in [5, 5.41) is 9.56. The van der Waals surface area contributed by atoms with Gasteiger partial charge in [-0.1, -0.05) is 158 Å². The zero-order valence-electron chi connectivity index (χ0n) is 32.1. The Labute approximate surface area is 341 Å². The third kappa shape index (κ3) is 5.29. The molecule has 0 bridgehead atoms. The van der Waals surface area contributed by atoms with Gasteiger partial charge in [0.25, 0.3) is 0 Å². The van der Waals surface area contributed by atoms with Crippen LogP contribution >= 0.6 is 0 Å². The largest absolute Gasteiger partial charge is 0.456 e. The maximum atomic E-state index is 6.50. The van der Waals surface area contributed by atoms with E-state index in [-0.39, 0.29) is 0 Å². The van der Waals surface area contributed by atoms with Gasteiger partial charge in [0.05, 0.1) is 22.4 Å². The third-order valence-corrected chi connectivity index (χ3v) is 12.0. The van der Waals surface area contributed by atoms with Crippen molar-refractivity contribution in [2.75, 3.05) is 4.90 Å². The van der Waals surface area contributed by atoms with Crippen molar-refractivity contribution in [3.05, 3.63) is 218 Å². The molecule has 0 amide bonds. The Kier molecular flexibility index (Phi) is 7.54. The van der Waals surface area contributed by atoms with Gasteiger partial charge in [0.1, 0.15) is 11.2 Å².